The van der Waals surface area contributed by atoms with Gasteiger partial charge in [0.25, 0.3) is 5.56 Å². The minimum absolute atomic E-state index is 0.123. The second-order valence-electron chi connectivity index (χ2n) is 9.97. The molecule has 0 spiro atoms. The van der Waals surface area contributed by atoms with E-state index in [4.69, 9.17) is 4.98 Å². The normalized spacial score (nSPS) is 24.7. The van der Waals surface area contributed by atoms with Crippen LogP contribution < -0.4 is 5.56 Å². The summed E-state index contributed by atoms with van der Waals surface area (Å²) >= 11 is 0. The molecule has 168 valence electrons. The monoisotopic (exact) mass is 426 g/mol. The fraction of sp³-hybridized carbons (Fsp3) is 0.750. The number of carbonyl (C=O) groups is 2. The molecule has 2 saturated carbocycles. The van der Waals surface area contributed by atoms with E-state index in [0.717, 1.165) is 63.6 Å². The van der Waals surface area contributed by atoms with Gasteiger partial charge in [0.15, 0.2) is 0 Å². The molecule has 7 nitrogen and oxygen atoms in total. The van der Waals surface area contributed by atoms with Crippen LogP contribution in [0.4, 0.5) is 0 Å². The lowest BCUT2D eigenvalue weighted by Gasteiger charge is -2.39. The Bertz CT molecular complexity index is 901. The van der Waals surface area contributed by atoms with Gasteiger partial charge in [-0.1, -0.05) is 19.3 Å². The predicted octanol–water partition coefficient (Wildman–Crippen LogP) is 3.09. The maximum Gasteiger partial charge on any atom is 0.256 e. The summed E-state index contributed by atoms with van der Waals surface area (Å²) in [5.41, 5.74) is 1.30. The Morgan fingerprint density at radius 2 is 1.74 bits per heavy atom. The molecule has 3 heterocycles. The number of nitrogens with zero attached hydrogens (tertiary/aromatic N) is 3. The van der Waals surface area contributed by atoms with E-state index in [2.05, 4.69) is 4.98 Å². The average molecular weight is 427 g/mol. The van der Waals surface area contributed by atoms with E-state index in [1.807, 2.05) is 9.80 Å². The van der Waals surface area contributed by atoms with Gasteiger partial charge in [-0.05, 0) is 50.9 Å². The summed E-state index contributed by atoms with van der Waals surface area (Å²) in [5, 5.41) is 0. The molecule has 4 aliphatic rings. The van der Waals surface area contributed by atoms with E-state index in [0.29, 0.717) is 43.2 Å². The lowest BCUT2D eigenvalue weighted by atomic mass is 9.83. The number of likely N-dealkylation sites (tertiary alicyclic amines) is 1. The van der Waals surface area contributed by atoms with Crippen molar-refractivity contribution >= 4 is 11.8 Å². The molecule has 0 unspecified atom stereocenters. The molecule has 0 aromatic carbocycles. The fourth-order valence-electron chi connectivity index (χ4n) is 5.77. The average Bonchev–Trinajstić information content (AvgIpc) is 3.25. The number of aromatic nitrogens is 2. The van der Waals surface area contributed by atoms with Gasteiger partial charge in [-0.3, -0.25) is 14.4 Å². The summed E-state index contributed by atoms with van der Waals surface area (Å²) in [4.78, 5) is 50.3. The second kappa shape index (κ2) is 8.75. The highest BCUT2D eigenvalue weighted by Crippen LogP contribution is 2.35. The lowest BCUT2D eigenvalue weighted by molar-refractivity contribution is -0.142. The summed E-state index contributed by atoms with van der Waals surface area (Å²) in [6.45, 7) is 1.74. The first-order chi connectivity index (χ1) is 15.1. The minimum Gasteiger partial charge on any atom is -0.338 e. The highest BCUT2D eigenvalue weighted by atomic mass is 16.2. The van der Waals surface area contributed by atoms with Crippen molar-refractivity contribution in [2.24, 2.45) is 11.8 Å². The molecular formula is C24H34N4O3. The van der Waals surface area contributed by atoms with E-state index in [9.17, 15) is 14.4 Å². The van der Waals surface area contributed by atoms with Crippen LogP contribution in [-0.4, -0.2) is 44.7 Å². The van der Waals surface area contributed by atoms with Gasteiger partial charge in [-0.15, -0.1) is 0 Å². The van der Waals surface area contributed by atoms with Crippen molar-refractivity contribution in [3.63, 3.8) is 0 Å². The van der Waals surface area contributed by atoms with Crippen LogP contribution >= 0.6 is 0 Å². The van der Waals surface area contributed by atoms with Gasteiger partial charge in [0.2, 0.25) is 11.8 Å². The number of aromatic amines is 1. The molecule has 5 rings (SSSR count). The molecule has 7 heteroatoms. The van der Waals surface area contributed by atoms with Gasteiger partial charge in [-0.2, -0.15) is 0 Å². The summed E-state index contributed by atoms with van der Waals surface area (Å²) in [7, 11) is 0. The quantitative estimate of drug-likeness (QED) is 0.802. The molecule has 1 atom stereocenters. The van der Waals surface area contributed by atoms with Crippen LogP contribution in [-0.2, 0) is 22.6 Å². The summed E-state index contributed by atoms with van der Waals surface area (Å²) in [5.74, 6) is 1.72. The van der Waals surface area contributed by atoms with Crippen molar-refractivity contribution in [1.82, 2.24) is 19.8 Å². The number of fused-ring (bicyclic) bond motifs is 1. The van der Waals surface area contributed by atoms with Crippen molar-refractivity contribution in [1.29, 1.82) is 0 Å². The molecule has 1 aromatic heterocycles. The molecule has 2 aliphatic carbocycles. The van der Waals surface area contributed by atoms with E-state index in [-0.39, 0.29) is 29.3 Å². The number of amides is 2. The van der Waals surface area contributed by atoms with Crippen LogP contribution in [0.15, 0.2) is 4.79 Å². The van der Waals surface area contributed by atoms with Crippen molar-refractivity contribution in [3.8, 4) is 0 Å². The summed E-state index contributed by atoms with van der Waals surface area (Å²) < 4.78 is 0. The molecule has 2 amide bonds. The van der Waals surface area contributed by atoms with Crippen molar-refractivity contribution in [2.75, 3.05) is 13.1 Å². The number of H-pyrrole nitrogens is 1. The van der Waals surface area contributed by atoms with Crippen LogP contribution in [0.1, 0.15) is 93.8 Å². The van der Waals surface area contributed by atoms with Gasteiger partial charge in [0.05, 0.1) is 23.8 Å². The maximum absolute atomic E-state index is 13.0. The number of piperidine rings is 1. The SMILES string of the molecule is O=C(CC1CCCC1)N1CCc2nc([C@H]3CCCCN3C(=O)C3CCC3)[nH]c(=O)c2C1. The zero-order chi connectivity index (χ0) is 21.4. The third kappa shape index (κ3) is 4.15. The number of rotatable bonds is 4. The third-order valence-electron chi connectivity index (χ3n) is 7.93. The molecule has 0 bridgehead atoms. The Hall–Kier alpha value is -2.18. The molecule has 0 radical (unpaired) electrons. The summed E-state index contributed by atoms with van der Waals surface area (Å²) in [6, 6.07) is -0.123. The second-order valence-corrected chi connectivity index (χ2v) is 9.97. The van der Waals surface area contributed by atoms with Crippen molar-refractivity contribution in [3.05, 3.63) is 27.4 Å². The molecule has 1 aromatic rings. The third-order valence-corrected chi connectivity index (χ3v) is 7.93. The standard InChI is InChI=1S/C24H34N4O3/c29-21(14-16-6-1-2-7-16)27-13-11-19-18(15-27)23(30)26-22(25-19)20-10-3-4-12-28(20)24(31)17-8-5-9-17/h16-17,20H,1-15H2,(H,25,26,30)/t20-/m1/s1. The molecule has 1 N–H and O–H groups in total. The van der Waals surface area contributed by atoms with E-state index < -0.39 is 0 Å². The molecule has 31 heavy (non-hydrogen) atoms. The van der Waals surface area contributed by atoms with Crippen LogP contribution in [0.2, 0.25) is 0 Å². The van der Waals surface area contributed by atoms with Crippen LogP contribution in [0.25, 0.3) is 0 Å². The maximum atomic E-state index is 13.0. The first-order valence-corrected chi connectivity index (χ1v) is 12.3. The Kier molecular flexibility index (Phi) is 5.85. The smallest absolute Gasteiger partial charge is 0.256 e. The Labute approximate surface area is 183 Å². The zero-order valence-corrected chi connectivity index (χ0v) is 18.4. The minimum atomic E-state index is -0.139. The number of hydrogen-bond donors (Lipinski definition) is 1. The first kappa shape index (κ1) is 20.7. The van der Waals surface area contributed by atoms with Crippen LogP contribution in [0, 0.1) is 11.8 Å². The first-order valence-electron chi connectivity index (χ1n) is 12.3. The van der Waals surface area contributed by atoms with E-state index in [1.54, 1.807) is 0 Å². The number of nitrogens with one attached hydrogen (secondary N) is 1. The lowest BCUT2D eigenvalue weighted by Crippen LogP contribution is -2.45. The fourth-order valence-corrected chi connectivity index (χ4v) is 5.77. The zero-order valence-electron chi connectivity index (χ0n) is 18.4. The van der Waals surface area contributed by atoms with Crippen LogP contribution in [0.3, 0.4) is 0 Å². The Balaban J connectivity index is 1.32. The van der Waals surface area contributed by atoms with Gasteiger partial charge in [0.1, 0.15) is 5.82 Å². The van der Waals surface area contributed by atoms with Gasteiger partial charge < -0.3 is 14.8 Å². The largest absolute Gasteiger partial charge is 0.338 e. The van der Waals surface area contributed by atoms with Gasteiger partial charge in [0, 0.05) is 31.8 Å². The van der Waals surface area contributed by atoms with Crippen LogP contribution in [0.5, 0.6) is 0 Å². The van der Waals surface area contributed by atoms with E-state index in [1.165, 1.54) is 12.8 Å². The highest BCUT2D eigenvalue weighted by molar-refractivity contribution is 5.80. The van der Waals surface area contributed by atoms with Gasteiger partial charge in [-0.25, -0.2) is 4.98 Å². The Morgan fingerprint density at radius 1 is 0.968 bits per heavy atom. The summed E-state index contributed by atoms with van der Waals surface area (Å²) in [6.07, 6.45) is 12.0. The van der Waals surface area contributed by atoms with Crippen molar-refractivity contribution in [2.45, 2.75) is 89.6 Å². The molecule has 2 aliphatic heterocycles. The molecule has 1 saturated heterocycles. The van der Waals surface area contributed by atoms with E-state index >= 15 is 0 Å². The predicted molar refractivity (Wildman–Crippen MR) is 116 cm³/mol. The molecular weight excluding hydrogens is 392 g/mol. The van der Waals surface area contributed by atoms with Crippen molar-refractivity contribution < 1.29 is 9.59 Å². The van der Waals surface area contributed by atoms with Gasteiger partial charge >= 0.3 is 0 Å². The topological polar surface area (TPSA) is 86.4 Å². The number of carbonyl (C=O) groups excluding carboxylic acids is 2. The molecule has 3 fully saturated rings. The number of hydrogen-bond acceptors (Lipinski definition) is 4. The highest BCUT2D eigenvalue weighted by Gasteiger charge is 2.36. The Morgan fingerprint density at radius 3 is 2.48 bits per heavy atom.